The number of rotatable bonds is 4. The SMILES string of the molecule is C=CCN1C(=O)C(C)(C)COc2cc(NC(=O)Nc3cccs3)ccc21. The van der Waals surface area contributed by atoms with E-state index in [1.807, 2.05) is 31.4 Å². The van der Waals surface area contributed by atoms with Gasteiger partial charge in [-0.3, -0.25) is 10.1 Å². The summed E-state index contributed by atoms with van der Waals surface area (Å²) in [5, 5.41) is 8.19. The third-order valence-electron chi connectivity index (χ3n) is 3.99. The van der Waals surface area contributed by atoms with E-state index in [0.29, 0.717) is 23.7 Å². The first-order chi connectivity index (χ1) is 12.4. The predicted molar refractivity (Wildman–Crippen MR) is 105 cm³/mol. The fraction of sp³-hybridized carbons (Fsp3) is 0.263. The molecule has 2 N–H and O–H groups in total. The molecule has 2 aromatic rings. The lowest BCUT2D eigenvalue weighted by atomic mass is 9.93. The molecule has 1 aliphatic heterocycles. The number of urea groups is 1. The van der Waals surface area contributed by atoms with Gasteiger partial charge in [0.25, 0.3) is 0 Å². The van der Waals surface area contributed by atoms with Gasteiger partial charge in [0.15, 0.2) is 0 Å². The quantitative estimate of drug-likeness (QED) is 0.786. The topological polar surface area (TPSA) is 70.7 Å². The van der Waals surface area contributed by atoms with E-state index in [0.717, 1.165) is 5.00 Å². The molecule has 136 valence electrons. The van der Waals surface area contributed by atoms with Crippen LogP contribution in [0.1, 0.15) is 13.8 Å². The van der Waals surface area contributed by atoms with Crippen LogP contribution in [0.2, 0.25) is 0 Å². The molecule has 1 aliphatic rings. The van der Waals surface area contributed by atoms with Gasteiger partial charge in [0, 0.05) is 18.3 Å². The molecule has 0 aliphatic carbocycles. The van der Waals surface area contributed by atoms with E-state index in [9.17, 15) is 9.59 Å². The lowest BCUT2D eigenvalue weighted by Gasteiger charge is -2.27. The van der Waals surface area contributed by atoms with Crippen molar-refractivity contribution in [1.29, 1.82) is 0 Å². The Morgan fingerprint density at radius 2 is 2.19 bits per heavy atom. The van der Waals surface area contributed by atoms with Crippen molar-refractivity contribution in [3.8, 4) is 5.75 Å². The number of benzene rings is 1. The summed E-state index contributed by atoms with van der Waals surface area (Å²) in [6.07, 6.45) is 1.68. The molecular weight excluding hydrogens is 350 g/mol. The monoisotopic (exact) mass is 371 g/mol. The fourth-order valence-corrected chi connectivity index (χ4v) is 3.27. The van der Waals surface area contributed by atoms with E-state index in [-0.39, 0.29) is 18.5 Å². The number of fused-ring (bicyclic) bond motifs is 1. The lowest BCUT2D eigenvalue weighted by molar-refractivity contribution is -0.127. The van der Waals surface area contributed by atoms with Crippen LogP contribution in [0.4, 0.5) is 21.2 Å². The van der Waals surface area contributed by atoms with Crippen molar-refractivity contribution >= 4 is 39.7 Å². The standard InChI is InChI=1S/C19H21N3O3S/c1-4-9-22-14-8-7-13(20-18(24)21-16-6-5-10-26-16)11-15(14)25-12-19(2,3)17(22)23/h4-8,10-11H,1,9,12H2,2-3H3,(H2,20,21,24). The van der Waals surface area contributed by atoms with E-state index in [1.54, 1.807) is 29.2 Å². The first-order valence-electron chi connectivity index (χ1n) is 8.22. The summed E-state index contributed by atoms with van der Waals surface area (Å²) in [4.78, 5) is 26.5. The molecule has 1 aromatic carbocycles. The number of ether oxygens (including phenoxy) is 1. The number of carbonyl (C=O) groups is 2. The molecule has 0 fully saturated rings. The van der Waals surface area contributed by atoms with Gasteiger partial charge in [0.1, 0.15) is 12.4 Å². The van der Waals surface area contributed by atoms with E-state index in [1.165, 1.54) is 11.3 Å². The first kappa shape index (κ1) is 18.0. The molecule has 0 unspecified atom stereocenters. The second-order valence-corrected chi connectivity index (χ2v) is 7.56. The van der Waals surface area contributed by atoms with Gasteiger partial charge in [0.05, 0.1) is 16.1 Å². The molecule has 0 saturated heterocycles. The Balaban J connectivity index is 1.83. The number of hydrogen-bond acceptors (Lipinski definition) is 4. The largest absolute Gasteiger partial charge is 0.490 e. The summed E-state index contributed by atoms with van der Waals surface area (Å²) in [7, 11) is 0. The van der Waals surface area contributed by atoms with Crippen molar-refractivity contribution in [2.45, 2.75) is 13.8 Å². The maximum absolute atomic E-state index is 12.8. The Kier molecular flexibility index (Phi) is 4.99. The van der Waals surface area contributed by atoms with Gasteiger partial charge in [-0.25, -0.2) is 4.79 Å². The Morgan fingerprint density at radius 3 is 2.88 bits per heavy atom. The molecule has 7 heteroatoms. The van der Waals surface area contributed by atoms with Gasteiger partial charge in [-0.15, -0.1) is 17.9 Å². The molecule has 6 nitrogen and oxygen atoms in total. The lowest BCUT2D eigenvalue weighted by Crippen LogP contribution is -2.42. The minimum Gasteiger partial charge on any atom is -0.490 e. The van der Waals surface area contributed by atoms with Gasteiger partial charge in [-0.1, -0.05) is 6.08 Å². The third kappa shape index (κ3) is 3.72. The predicted octanol–water partition coefficient (Wildman–Crippen LogP) is 4.33. The number of thiophene rings is 1. The number of carbonyl (C=O) groups excluding carboxylic acids is 2. The summed E-state index contributed by atoms with van der Waals surface area (Å²) >= 11 is 1.44. The van der Waals surface area contributed by atoms with E-state index >= 15 is 0 Å². The average Bonchev–Trinajstić information content (AvgIpc) is 3.07. The highest BCUT2D eigenvalue weighted by molar-refractivity contribution is 7.14. The summed E-state index contributed by atoms with van der Waals surface area (Å²) in [6, 6.07) is 8.61. The Bertz CT molecular complexity index is 831. The normalized spacial score (nSPS) is 15.5. The van der Waals surface area contributed by atoms with Crippen molar-refractivity contribution in [3.05, 3.63) is 48.4 Å². The number of anilines is 3. The van der Waals surface area contributed by atoms with Crippen molar-refractivity contribution in [2.24, 2.45) is 5.41 Å². The van der Waals surface area contributed by atoms with Crippen LogP contribution < -0.4 is 20.3 Å². The van der Waals surface area contributed by atoms with Gasteiger partial charge >= 0.3 is 6.03 Å². The highest BCUT2D eigenvalue weighted by Crippen LogP contribution is 2.38. The molecule has 0 radical (unpaired) electrons. The molecule has 26 heavy (non-hydrogen) atoms. The molecule has 0 saturated carbocycles. The zero-order chi connectivity index (χ0) is 18.7. The van der Waals surface area contributed by atoms with Gasteiger partial charge in [-0.2, -0.15) is 0 Å². The molecule has 3 rings (SSSR count). The fourth-order valence-electron chi connectivity index (χ4n) is 2.66. The van der Waals surface area contributed by atoms with Gasteiger partial charge in [-0.05, 0) is 43.5 Å². The van der Waals surface area contributed by atoms with Crippen LogP contribution in [-0.2, 0) is 4.79 Å². The minimum atomic E-state index is -0.647. The van der Waals surface area contributed by atoms with Crippen molar-refractivity contribution in [3.63, 3.8) is 0 Å². The van der Waals surface area contributed by atoms with Gasteiger partial charge in [0.2, 0.25) is 5.91 Å². The average molecular weight is 371 g/mol. The smallest absolute Gasteiger partial charge is 0.324 e. The zero-order valence-electron chi connectivity index (χ0n) is 14.7. The summed E-state index contributed by atoms with van der Waals surface area (Å²) in [5.74, 6) is 0.534. The molecule has 0 spiro atoms. The molecule has 3 amide bonds. The first-order valence-corrected chi connectivity index (χ1v) is 9.10. The van der Waals surface area contributed by atoms with Crippen molar-refractivity contribution < 1.29 is 14.3 Å². The van der Waals surface area contributed by atoms with Crippen LogP contribution in [0.15, 0.2) is 48.4 Å². The van der Waals surface area contributed by atoms with Crippen LogP contribution in [0.5, 0.6) is 5.75 Å². The molecule has 0 bridgehead atoms. The van der Waals surface area contributed by atoms with Gasteiger partial charge < -0.3 is 15.0 Å². The van der Waals surface area contributed by atoms with E-state index < -0.39 is 5.41 Å². The van der Waals surface area contributed by atoms with Crippen LogP contribution in [0, 0.1) is 5.41 Å². The van der Waals surface area contributed by atoms with Crippen LogP contribution >= 0.6 is 11.3 Å². The van der Waals surface area contributed by atoms with E-state index in [2.05, 4.69) is 17.2 Å². The number of nitrogens with one attached hydrogen (secondary N) is 2. The number of amides is 3. The molecule has 2 heterocycles. The number of nitrogens with zero attached hydrogens (tertiary/aromatic N) is 1. The minimum absolute atomic E-state index is 0.0210. The maximum Gasteiger partial charge on any atom is 0.324 e. The highest BCUT2D eigenvalue weighted by Gasteiger charge is 2.37. The summed E-state index contributed by atoms with van der Waals surface area (Å²) in [5.41, 5.74) is 0.611. The summed E-state index contributed by atoms with van der Waals surface area (Å²) < 4.78 is 5.87. The maximum atomic E-state index is 12.8. The van der Waals surface area contributed by atoms with E-state index in [4.69, 9.17) is 4.74 Å². The highest BCUT2D eigenvalue weighted by atomic mass is 32.1. The number of hydrogen-bond donors (Lipinski definition) is 2. The Labute approximate surface area is 156 Å². The molecule has 0 atom stereocenters. The van der Waals surface area contributed by atoms with Crippen molar-refractivity contribution in [2.75, 3.05) is 28.7 Å². The Hall–Kier alpha value is -2.80. The van der Waals surface area contributed by atoms with Crippen LogP contribution in [0.3, 0.4) is 0 Å². The second-order valence-electron chi connectivity index (χ2n) is 6.62. The summed E-state index contributed by atoms with van der Waals surface area (Å²) in [6.45, 7) is 8.09. The zero-order valence-corrected chi connectivity index (χ0v) is 15.6. The third-order valence-corrected chi connectivity index (χ3v) is 4.78. The molecule has 1 aromatic heterocycles. The van der Waals surface area contributed by atoms with Crippen molar-refractivity contribution in [1.82, 2.24) is 0 Å². The van der Waals surface area contributed by atoms with Crippen LogP contribution in [0.25, 0.3) is 0 Å². The molecular formula is C19H21N3O3S. The second kappa shape index (κ2) is 7.21. The Morgan fingerprint density at radius 1 is 1.38 bits per heavy atom. The van der Waals surface area contributed by atoms with Crippen LogP contribution in [-0.4, -0.2) is 25.1 Å².